The fourth-order valence-corrected chi connectivity index (χ4v) is 2.61. The Kier molecular flexibility index (Phi) is 2.57. The van der Waals surface area contributed by atoms with E-state index in [1.807, 2.05) is 26.8 Å². The van der Waals surface area contributed by atoms with Gasteiger partial charge in [0.15, 0.2) is 11.3 Å². The maximum atomic E-state index is 10.3. The average molecular weight is 260 g/mol. The van der Waals surface area contributed by atoms with Crippen molar-refractivity contribution in [3.63, 3.8) is 0 Å². The van der Waals surface area contributed by atoms with Crippen LogP contribution in [0.25, 0.3) is 21.9 Å². The Morgan fingerprint density at radius 2 is 1.63 bits per heavy atom. The zero-order chi connectivity index (χ0) is 13.7. The SMILES string of the molecule is Cc1cc2c(C(C)CO)c3oc(C)cc3c(O)c2o1. The van der Waals surface area contributed by atoms with E-state index in [2.05, 4.69) is 0 Å². The van der Waals surface area contributed by atoms with E-state index in [9.17, 15) is 10.2 Å². The number of furan rings is 2. The first-order chi connectivity index (χ1) is 9.02. The number of benzene rings is 1. The predicted molar refractivity (Wildman–Crippen MR) is 72.6 cm³/mol. The third-order valence-corrected chi connectivity index (χ3v) is 3.48. The fourth-order valence-electron chi connectivity index (χ4n) is 2.61. The molecule has 19 heavy (non-hydrogen) atoms. The van der Waals surface area contributed by atoms with Crippen molar-refractivity contribution in [2.24, 2.45) is 0 Å². The number of hydrogen-bond acceptors (Lipinski definition) is 4. The van der Waals surface area contributed by atoms with E-state index < -0.39 is 0 Å². The molecule has 0 aliphatic rings. The first-order valence-electron chi connectivity index (χ1n) is 6.29. The highest BCUT2D eigenvalue weighted by molar-refractivity contribution is 6.04. The number of phenolic OH excluding ortho intramolecular Hbond substituents is 1. The Morgan fingerprint density at radius 3 is 2.26 bits per heavy atom. The van der Waals surface area contributed by atoms with Crippen molar-refractivity contribution in [2.75, 3.05) is 6.61 Å². The fraction of sp³-hybridized carbons (Fsp3) is 0.333. The van der Waals surface area contributed by atoms with Gasteiger partial charge in [0.05, 0.1) is 5.39 Å². The summed E-state index contributed by atoms with van der Waals surface area (Å²) in [5.74, 6) is 1.46. The predicted octanol–water partition coefficient (Wildman–Crippen LogP) is 3.60. The summed E-state index contributed by atoms with van der Waals surface area (Å²) in [7, 11) is 0. The molecule has 0 spiro atoms. The summed E-state index contributed by atoms with van der Waals surface area (Å²) in [5, 5.41) is 21.2. The van der Waals surface area contributed by atoms with Gasteiger partial charge in [-0.3, -0.25) is 0 Å². The number of aryl methyl sites for hydroxylation is 2. The molecule has 0 fully saturated rings. The number of phenols is 1. The molecule has 3 rings (SSSR count). The Balaban J connectivity index is 2.54. The Labute approximate surface area is 110 Å². The Bertz CT molecular complexity index is 706. The van der Waals surface area contributed by atoms with Gasteiger partial charge in [0.25, 0.3) is 0 Å². The smallest absolute Gasteiger partial charge is 0.177 e. The summed E-state index contributed by atoms with van der Waals surface area (Å²) in [6.07, 6.45) is 0. The summed E-state index contributed by atoms with van der Waals surface area (Å²) in [5.41, 5.74) is 1.97. The van der Waals surface area contributed by atoms with E-state index in [1.165, 1.54) is 0 Å². The maximum absolute atomic E-state index is 10.3. The molecule has 2 heterocycles. The van der Waals surface area contributed by atoms with Gasteiger partial charge in [-0.25, -0.2) is 0 Å². The lowest BCUT2D eigenvalue weighted by molar-refractivity contribution is 0.273. The zero-order valence-electron chi connectivity index (χ0n) is 11.2. The molecule has 0 amide bonds. The average Bonchev–Trinajstić information content (AvgIpc) is 2.92. The first kappa shape index (κ1) is 12.1. The van der Waals surface area contributed by atoms with Gasteiger partial charge in [0, 0.05) is 23.5 Å². The molecule has 0 saturated carbocycles. The molecule has 1 aromatic carbocycles. The molecule has 4 heteroatoms. The minimum Gasteiger partial charge on any atom is -0.504 e. The third-order valence-electron chi connectivity index (χ3n) is 3.48. The van der Waals surface area contributed by atoms with Crippen molar-refractivity contribution in [3.8, 4) is 5.75 Å². The van der Waals surface area contributed by atoms with E-state index in [-0.39, 0.29) is 18.3 Å². The molecule has 0 radical (unpaired) electrons. The number of rotatable bonds is 2. The van der Waals surface area contributed by atoms with Crippen LogP contribution in [-0.2, 0) is 0 Å². The quantitative estimate of drug-likeness (QED) is 0.738. The molecule has 0 bridgehead atoms. The van der Waals surface area contributed by atoms with Gasteiger partial charge in [-0.2, -0.15) is 0 Å². The van der Waals surface area contributed by atoms with Gasteiger partial charge in [-0.1, -0.05) is 6.92 Å². The molecular formula is C15H16O4. The van der Waals surface area contributed by atoms with Gasteiger partial charge in [-0.05, 0) is 26.0 Å². The second kappa shape index (κ2) is 4.03. The lowest BCUT2D eigenvalue weighted by Gasteiger charge is -2.11. The van der Waals surface area contributed by atoms with Gasteiger partial charge in [0.2, 0.25) is 0 Å². The van der Waals surface area contributed by atoms with Gasteiger partial charge >= 0.3 is 0 Å². The number of fused-ring (bicyclic) bond motifs is 2. The normalized spacial score (nSPS) is 13.5. The highest BCUT2D eigenvalue weighted by atomic mass is 16.4. The molecule has 0 aliphatic carbocycles. The molecule has 4 nitrogen and oxygen atoms in total. The van der Waals surface area contributed by atoms with Crippen molar-refractivity contribution >= 4 is 21.9 Å². The van der Waals surface area contributed by atoms with Gasteiger partial charge < -0.3 is 19.0 Å². The number of aliphatic hydroxyl groups excluding tert-OH is 1. The largest absolute Gasteiger partial charge is 0.504 e. The molecule has 0 saturated heterocycles. The van der Waals surface area contributed by atoms with Crippen LogP contribution in [0.2, 0.25) is 0 Å². The summed E-state index contributed by atoms with van der Waals surface area (Å²) < 4.78 is 11.3. The summed E-state index contributed by atoms with van der Waals surface area (Å²) >= 11 is 0. The second-order valence-corrected chi connectivity index (χ2v) is 5.05. The van der Waals surface area contributed by atoms with Gasteiger partial charge in [-0.15, -0.1) is 0 Å². The van der Waals surface area contributed by atoms with Gasteiger partial charge in [0.1, 0.15) is 17.1 Å². The minimum absolute atomic E-state index is 0.0128. The van der Waals surface area contributed by atoms with Crippen LogP contribution < -0.4 is 0 Å². The molecule has 2 aromatic heterocycles. The molecule has 2 N–H and O–H groups in total. The molecule has 100 valence electrons. The lowest BCUT2D eigenvalue weighted by Crippen LogP contribution is -2.00. The molecule has 3 aromatic rings. The van der Waals surface area contributed by atoms with Crippen LogP contribution in [0.1, 0.15) is 29.9 Å². The minimum atomic E-state index is -0.0897. The van der Waals surface area contributed by atoms with Crippen LogP contribution in [0.5, 0.6) is 5.75 Å². The lowest BCUT2D eigenvalue weighted by atomic mass is 9.95. The van der Waals surface area contributed by atoms with Crippen molar-refractivity contribution in [2.45, 2.75) is 26.7 Å². The standard InChI is InChI=1S/C15H16O4/c1-7(6-16)12-10-4-8(2)19-15(10)13(17)11-5-9(3)18-14(11)12/h4-5,7,16-17H,6H2,1-3H3. The Hall–Kier alpha value is -1.94. The summed E-state index contributed by atoms with van der Waals surface area (Å²) in [6, 6.07) is 3.66. The maximum Gasteiger partial charge on any atom is 0.177 e. The van der Waals surface area contributed by atoms with Crippen LogP contribution in [0.3, 0.4) is 0 Å². The van der Waals surface area contributed by atoms with Crippen LogP contribution in [-0.4, -0.2) is 16.8 Å². The molecule has 1 unspecified atom stereocenters. The molecular weight excluding hydrogens is 244 g/mol. The summed E-state index contributed by atoms with van der Waals surface area (Å²) in [6.45, 7) is 5.60. The monoisotopic (exact) mass is 260 g/mol. The second-order valence-electron chi connectivity index (χ2n) is 5.05. The van der Waals surface area contributed by atoms with E-state index in [0.29, 0.717) is 16.6 Å². The number of aliphatic hydroxyl groups is 1. The van der Waals surface area contributed by atoms with Crippen molar-refractivity contribution in [1.29, 1.82) is 0 Å². The van der Waals surface area contributed by atoms with E-state index in [4.69, 9.17) is 8.83 Å². The van der Waals surface area contributed by atoms with E-state index >= 15 is 0 Å². The van der Waals surface area contributed by atoms with E-state index in [0.717, 1.165) is 22.5 Å². The van der Waals surface area contributed by atoms with Crippen molar-refractivity contribution in [3.05, 3.63) is 29.2 Å². The number of hydrogen-bond donors (Lipinski definition) is 2. The highest BCUT2D eigenvalue weighted by Gasteiger charge is 2.23. The molecule has 0 aliphatic heterocycles. The third kappa shape index (κ3) is 1.64. The van der Waals surface area contributed by atoms with Crippen molar-refractivity contribution < 1.29 is 19.0 Å². The summed E-state index contributed by atoms with van der Waals surface area (Å²) in [4.78, 5) is 0. The van der Waals surface area contributed by atoms with Crippen LogP contribution in [0, 0.1) is 13.8 Å². The first-order valence-corrected chi connectivity index (χ1v) is 6.29. The Morgan fingerprint density at radius 1 is 1.05 bits per heavy atom. The highest BCUT2D eigenvalue weighted by Crippen LogP contribution is 2.43. The van der Waals surface area contributed by atoms with Crippen molar-refractivity contribution in [1.82, 2.24) is 0 Å². The van der Waals surface area contributed by atoms with E-state index in [1.54, 1.807) is 6.07 Å². The van der Waals surface area contributed by atoms with Crippen LogP contribution >= 0.6 is 0 Å². The van der Waals surface area contributed by atoms with Crippen LogP contribution in [0.15, 0.2) is 21.0 Å². The number of aromatic hydroxyl groups is 1. The molecule has 1 atom stereocenters. The zero-order valence-corrected chi connectivity index (χ0v) is 11.2. The van der Waals surface area contributed by atoms with Crippen LogP contribution in [0.4, 0.5) is 0 Å². The topological polar surface area (TPSA) is 66.7 Å².